The Morgan fingerprint density at radius 1 is 1.00 bits per heavy atom. The maximum Gasteiger partial charge on any atom is 0.345 e. The van der Waals surface area contributed by atoms with Gasteiger partial charge in [0.2, 0.25) is 0 Å². The molecule has 2 aromatic carbocycles. The van der Waals surface area contributed by atoms with Crippen LogP contribution in [0.15, 0.2) is 34.8 Å². The first-order valence-corrected chi connectivity index (χ1v) is 8.56. The fraction of sp³-hybridized carbons (Fsp3) is 0.222. The van der Waals surface area contributed by atoms with E-state index < -0.39 is 29.0 Å². The molecule has 0 heterocycles. The average molecular weight is 454 g/mol. The number of rotatable bonds is 8. The van der Waals surface area contributed by atoms with Crippen molar-refractivity contribution in [2.45, 2.75) is 0 Å². The van der Waals surface area contributed by atoms with Crippen molar-refractivity contribution in [2.24, 2.45) is 0 Å². The van der Waals surface area contributed by atoms with Crippen molar-refractivity contribution in [2.75, 3.05) is 27.9 Å². The van der Waals surface area contributed by atoms with Gasteiger partial charge in [-0.15, -0.1) is 0 Å². The van der Waals surface area contributed by atoms with Crippen LogP contribution in [0.1, 0.15) is 20.7 Å². The van der Waals surface area contributed by atoms with E-state index in [0.29, 0.717) is 10.2 Å². The number of ketones is 1. The molecule has 28 heavy (non-hydrogen) atoms. The molecule has 0 bridgehead atoms. The summed E-state index contributed by atoms with van der Waals surface area (Å²) in [5.41, 5.74) is -0.601. The molecule has 0 aliphatic carbocycles. The Bertz CT molecular complexity index is 928. The predicted molar refractivity (Wildman–Crippen MR) is 102 cm³/mol. The molecule has 10 heteroatoms. The van der Waals surface area contributed by atoms with Gasteiger partial charge in [-0.25, -0.2) is 4.79 Å². The SMILES string of the molecule is COc1ccc(C(=O)COC(=O)c2cc(OC)c(OC)cc2[N+](=O)[O-])cc1Br. The van der Waals surface area contributed by atoms with E-state index in [1.54, 1.807) is 6.07 Å². The molecule has 0 spiro atoms. The summed E-state index contributed by atoms with van der Waals surface area (Å²) in [5, 5.41) is 11.3. The number of nitro benzene ring substituents is 1. The number of carbonyl (C=O) groups is 2. The van der Waals surface area contributed by atoms with Crippen LogP contribution in [-0.2, 0) is 4.74 Å². The zero-order chi connectivity index (χ0) is 20.8. The quantitative estimate of drug-likeness (QED) is 0.258. The molecular formula is C18H16BrNO8. The predicted octanol–water partition coefficient (Wildman–Crippen LogP) is 3.42. The maximum absolute atomic E-state index is 12.3. The lowest BCUT2D eigenvalue weighted by molar-refractivity contribution is -0.385. The van der Waals surface area contributed by atoms with E-state index in [1.807, 2.05) is 0 Å². The molecule has 0 saturated heterocycles. The van der Waals surface area contributed by atoms with E-state index >= 15 is 0 Å². The Morgan fingerprint density at radius 2 is 1.61 bits per heavy atom. The number of Topliss-reactive ketones (excluding diaryl/α,β-unsaturated/α-hetero) is 1. The van der Waals surface area contributed by atoms with Gasteiger partial charge in [0, 0.05) is 11.6 Å². The van der Waals surface area contributed by atoms with Crippen LogP contribution in [0.5, 0.6) is 17.2 Å². The molecule has 9 nitrogen and oxygen atoms in total. The minimum atomic E-state index is -1.03. The summed E-state index contributed by atoms with van der Waals surface area (Å²) in [4.78, 5) is 35.1. The minimum absolute atomic E-state index is 0.0879. The van der Waals surface area contributed by atoms with E-state index in [2.05, 4.69) is 15.9 Å². The number of methoxy groups -OCH3 is 3. The summed E-state index contributed by atoms with van der Waals surface area (Å²) in [6, 6.07) is 6.80. The Morgan fingerprint density at radius 3 is 2.14 bits per heavy atom. The second-order valence-electron chi connectivity index (χ2n) is 5.33. The van der Waals surface area contributed by atoms with Crippen LogP contribution in [0.4, 0.5) is 5.69 Å². The second-order valence-corrected chi connectivity index (χ2v) is 6.18. The van der Waals surface area contributed by atoms with E-state index in [4.69, 9.17) is 18.9 Å². The van der Waals surface area contributed by atoms with Gasteiger partial charge in [-0.3, -0.25) is 14.9 Å². The fourth-order valence-electron chi connectivity index (χ4n) is 2.31. The molecule has 2 rings (SSSR count). The summed E-state index contributed by atoms with van der Waals surface area (Å²) in [7, 11) is 4.12. The summed E-state index contributed by atoms with van der Waals surface area (Å²) < 4.78 is 20.7. The Balaban J connectivity index is 2.21. The van der Waals surface area contributed by atoms with Crippen LogP contribution in [0, 0.1) is 10.1 Å². The molecule has 2 aromatic rings. The summed E-state index contributed by atoms with van der Waals surface area (Å²) >= 11 is 3.26. The molecule has 0 fully saturated rings. The number of halogens is 1. The van der Waals surface area contributed by atoms with Crippen molar-refractivity contribution >= 4 is 33.4 Å². The zero-order valence-corrected chi connectivity index (χ0v) is 16.8. The van der Waals surface area contributed by atoms with Gasteiger partial charge in [-0.05, 0) is 34.1 Å². The van der Waals surface area contributed by atoms with Crippen molar-refractivity contribution in [3.63, 3.8) is 0 Å². The van der Waals surface area contributed by atoms with Gasteiger partial charge in [-0.2, -0.15) is 0 Å². The van der Waals surface area contributed by atoms with E-state index in [1.165, 1.54) is 33.5 Å². The molecule has 0 radical (unpaired) electrons. The van der Waals surface area contributed by atoms with Gasteiger partial charge >= 0.3 is 5.97 Å². The highest BCUT2D eigenvalue weighted by atomic mass is 79.9. The number of nitro groups is 1. The second kappa shape index (κ2) is 9.18. The third-order valence-corrected chi connectivity index (χ3v) is 4.35. The number of esters is 1. The summed E-state index contributed by atoms with van der Waals surface area (Å²) in [6.45, 7) is -0.594. The van der Waals surface area contributed by atoms with Crippen molar-refractivity contribution in [1.82, 2.24) is 0 Å². The number of nitrogens with zero attached hydrogens (tertiary/aromatic N) is 1. The number of hydrogen-bond acceptors (Lipinski definition) is 8. The molecule has 148 valence electrons. The molecule has 0 atom stereocenters. The monoisotopic (exact) mass is 453 g/mol. The highest BCUT2D eigenvalue weighted by molar-refractivity contribution is 9.10. The molecule has 0 aliphatic heterocycles. The van der Waals surface area contributed by atoms with Gasteiger partial charge in [0.05, 0.1) is 36.8 Å². The molecule has 0 unspecified atom stereocenters. The van der Waals surface area contributed by atoms with Crippen LogP contribution >= 0.6 is 15.9 Å². The largest absolute Gasteiger partial charge is 0.496 e. The van der Waals surface area contributed by atoms with Gasteiger partial charge < -0.3 is 18.9 Å². The zero-order valence-electron chi connectivity index (χ0n) is 15.2. The Kier molecular flexibility index (Phi) is 6.94. The first-order chi connectivity index (χ1) is 13.3. The van der Waals surface area contributed by atoms with Crippen LogP contribution in [0.2, 0.25) is 0 Å². The van der Waals surface area contributed by atoms with E-state index in [-0.39, 0.29) is 22.6 Å². The van der Waals surface area contributed by atoms with Crippen molar-refractivity contribution in [1.29, 1.82) is 0 Å². The third-order valence-electron chi connectivity index (χ3n) is 3.73. The first-order valence-electron chi connectivity index (χ1n) is 7.76. The van der Waals surface area contributed by atoms with Gasteiger partial charge in [0.25, 0.3) is 5.69 Å². The average Bonchev–Trinajstić information content (AvgIpc) is 2.70. The van der Waals surface area contributed by atoms with Crippen LogP contribution in [-0.4, -0.2) is 44.6 Å². The van der Waals surface area contributed by atoms with Crippen LogP contribution in [0.25, 0.3) is 0 Å². The van der Waals surface area contributed by atoms with Crippen LogP contribution < -0.4 is 14.2 Å². The topological polar surface area (TPSA) is 114 Å². The molecule has 0 aromatic heterocycles. The molecule has 0 saturated carbocycles. The highest BCUT2D eigenvalue weighted by Gasteiger charge is 2.26. The van der Waals surface area contributed by atoms with E-state index in [0.717, 1.165) is 12.1 Å². The highest BCUT2D eigenvalue weighted by Crippen LogP contribution is 2.34. The third kappa shape index (κ3) is 4.58. The number of carbonyl (C=O) groups excluding carboxylic acids is 2. The van der Waals surface area contributed by atoms with Crippen molar-refractivity contribution < 1.29 is 33.5 Å². The maximum atomic E-state index is 12.3. The van der Waals surface area contributed by atoms with Gasteiger partial charge in [0.1, 0.15) is 11.3 Å². The Labute approximate surface area is 168 Å². The molecule has 0 N–H and O–H groups in total. The van der Waals surface area contributed by atoms with Crippen molar-refractivity contribution in [3.8, 4) is 17.2 Å². The molecule has 0 aliphatic rings. The van der Waals surface area contributed by atoms with Crippen LogP contribution in [0.3, 0.4) is 0 Å². The number of benzene rings is 2. The van der Waals surface area contributed by atoms with Gasteiger partial charge in [-0.1, -0.05) is 0 Å². The Hall–Kier alpha value is -3.14. The van der Waals surface area contributed by atoms with Gasteiger partial charge in [0.15, 0.2) is 23.9 Å². The standard InChI is InChI=1S/C18H16BrNO8/c1-25-15-5-4-10(6-12(15)19)14(21)9-28-18(22)11-7-16(26-2)17(27-3)8-13(11)20(23)24/h4-8H,9H2,1-3H3. The fourth-order valence-corrected chi connectivity index (χ4v) is 2.86. The smallest absolute Gasteiger partial charge is 0.345 e. The summed E-state index contributed by atoms with van der Waals surface area (Å²) in [5.74, 6) is -0.779. The first kappa shape index (κ1) is 21.2. The number of hydrogen-bond donors (Lipinski definition) is 0. The molecule has 0 amide bonds. The minimum Gasteiger partial charge on any atom is -0.496 e. The number of ether oxygens (including phenoxy) is 4. The molecular weight excluding hydrogens is 438 g/mol. The summed E-state index contributed by atoms with van der Waals surface area (Å²) in [6.07, 6.45) is 0. The normalized spacial score (nSPS) is 10.1. The lowest BCUT2D eigenvalue weighted by Crippen LogP contribution is -2.15. The lowest BCUT2D eigenvalue weighted by atomic mass is 10.1. The lowest BCUT2D eigenvalue weighted by Gasteiger charge is -2.10. The van der Waals surface area contributed by atoms with E-state index in [9.17, 15) is 19.7 Å². The van der Waals surface area contributed by atoms with Crippen molar-refractivity contribution in [3.05, 3.63) is 56.0 Å².